The molecule has 0 aliphatic heterocycles. The molecule has 0 unspecified atom stereocenters. The average molecular weight is 335 g/mol. The maximum atomic E-state index is 12.5. The number of carbonyl (C=O) groups excluding carboxylic acids is 1. The number of hydrogen-bond acceptors (Lipinski definition) is 3. The average Bonchev–Trinajstić information content (AvgIpc) is 2.48. The molecule has 2 aromatic rings. The second kappa shape index (κ2) is 5.96. The largest absolute Gasteiger partial charge is 0.497 e. The maximum Gasteiger partial charge on any atom is 0.259 e. The first-order valence-corrected chi connectivity index (χ1v) is 6.79. The first-order valence-electron chi connectivity index (χ1n) is 6.00. The van der Waals surface area contributed by atoms with Gasteiger partial charge in [-0.05, 0) is 58.4 Å². The number of ether oxygens (including phenoxy) is 1. The fourth-order valence-corrected chi connectivity index (χ4v) is 2.23. The van der Waals surface area contributed by atoms with E-state index < -0.39 is 0 Å². The number of hydrogen-bond donors (Lipinski definition) is 1. The maximum absolute atomic E-state index is 12.5. The first kappa shape index (κ1) is 14.4. The molecule has 0 aliphatic carbocycles. The van der Waals surface area contributed by atoms with E-state index >= 15 is 0 Å². The lowest BCUT2D eigenvalue weighted by Crippen LogP contribution is -2.26. The normalized spacial score (nSPS) is 10.2. The molecule has 104 valence electrons. The third-order valence-electron chi connectivity index (χ3n) is 2.99. The van der Waals surface area contributed by atoms with Gasteiger partial charge in [-0.25, -0.2) is 0 Å². The zero-order valence-corrected chi connectivity index (χ0v) is 12.8. The van der Waals surface area contributed by atoms with Crippen molar-refractivity contribution in [3.05, 3.63) is 52.5 Å². The van der Waals surface area contributed by atoms with Gasteiger partial charge < -0.3 is 15.4 Å². The lowest BCUT2D eigenvalue weighted by atomic mass is 10.1. The summed E-state index contributed by atoms with van der Waals surface area (Å²) in [5, 5.41) is 0. The van der Waals surface area contributed by atoms with E-state index in [9.17, 15) is 4.79 Å². The Labute approximate surface area is 126 Å². The third-order valence-corrected chi connectivity index (χ3v) is 3.68. The molecule has 0 aliphatic rings. The van der Waals surface area contributed by atoms with Gasteiger partial charge >= 0.3 is 0 Å². The van der Waals surface area contributed by atoms with Crippen LogP contribution in [-0.4, -0.2) is 20.1 Å². The number of nitrogens with two attached hydrogens (primary N) is 1. The Morgan fingerprint density at radius 2 is 1.85 bits per heavy atom. The fraction of sp³-hybridized carbons (Fsp3) is 0.133. The standard InChI is InChI=1S/C15H15BrN2O2/c1-18(11-4-6-12(20-2)7-5-11)15(19)13-9-10(17)3-8-14(13)16/h3-9H,17H2,1-2H3. The molecule has 2 N–H and O–H groups in total. The van der Waals surface area contributed by atoms with Crippen LogP contribution in [0.1, 0.15) is 10.4 Å². The van der Waals surface area contributed by atoms with Gasteiger partial charge in [0.2, 0.25) is 0 Å². The SMILES string of the molecule is COc1ccc(N(C)C(=O)c2cc(N)ccc2Br)cc1. The van der Waals surface area contributed by atoms with Gasteiger partial charge in [0.05, 0.1) is 12.7 Å². The van der Waals surface area contributed by atoms with E-state index in [4.69, 9.17) is 10.5 Å². The lowest BCUT2D eigenvalue weighted by Gasteiger charge is -2.18. The number of methoxy groups -OCH3 is 1. The van der Waals surface area contributed by atoms with Crippen LogP contribution in [0.2, 0.25) is 0 Å². The Kier molecular flexibility index (Phi) is 4.29. The third kappa shape index (κ3) is 2.93. The summed E-state index contributed by atoms with van der Waals surface area (Å²) in [5.41, 5.74) is 7.60. The Morgan fingerprint density at radius 1 is 1.20 bits per heavy atom. The number of nitrogen functional groups attached to an aromatic ring is 1. The molecule has 1 amide bonds. The fourth-order valence-electron chi connectivity index (χ4n) is 1.81. The van der Waals surface area contributed by atoms with Gasteiger partial charge in [0, 0.05) is 22.9 Å². The highest BCUT2D eigenvalue weighted by Crippen LogP contribution is 2.24. The highest BCUT2D eigenvalue weighted by Gasteiger charge is 2.16. The van der Waals surface area contributed by atoms with E-state index in [1.807, 2.05) is 24.3 Å². The minimum atomic E-state index is -0.130. The van der Waals surface area contributed by atoms with Crippen LogP contribution in [0.4, 0.5) is 11.4 Å². The van der Waals surface area contributed by atoms with Gasteiger partial charge in [0.25, 0.3) is 5.91 Å². The number of halogens is 1. The number of benzene rings is 2. The molecular weight excluding hydrogens is 320 g/mol. The summed E-state index contributed by atoms with van der Waals surface area (Å²) >= 11 is 3.37. The van der Waals surface area contributed by atoms with Gasteiger partial charge in [-0.15, -0.1) is 0 Å². The quantitative estimate of drug-likeness (QED) is 0.876. The monoisotopic (exact) mass is 334 g/mol. The zero-order valence-electron chi connectivity index (χ0n) is 11.3. The molecule has 0 radical (unpaired) electrons. The minimum absolute atomic E-state index is 0.130. The molecule has 5 heteroatoms. The van der Waals surface area contributed by atoms with Gasteiger partial charge in [-0.1, -0.05) is 0 Å². The predicted octanol–water partition coefficient (Wildman–Crippen LogP) is 3.32. The van der Waals surface area contributed by atoms with E-state index in [2.05, 4.69) is 15.9 Å². The number of nitrogens with zero attached hydrogens (tertiary/aromatic N) is 1. The smallest absolute Gasteiger partial charge is 0.259 e. The van der Waals surface area contributed by atoms with Crippen LogP contribution in [0.3, 0.4) is 0 Å². The summed E-state index contributed by atoms with van der Waals surface area (Å²) in [5.74, 6) is 0.620. The summed E-state index contributed by atoms with van der Waals surface area (Å²) in [6.45, 7) is 0. The van der Waals surface area contributed by atoms with Gasteiger partial charge in [0.15, 0.2) is 0 Å². The Balaban J connectivity index is 2.29. The summed E-state index contributed by atoms with van der Waals surface area (Å²) in [4.78, 5) is 14.1. The van der Waals surface area contributed by atoms with E-state index in [-0.39, 0.29) is 5.91 Å². The van der Waals surface area contributed by atoms with Crippen molar-refractivity contribution in [1.29, 1.82) is 0 Å². The predicted molar refractivity (Wildman–Crippen MR) is 84.3 cm³/mol. The highest BCUT2D eigenvalue weighted by atomic mass is 79.9. The number of carbonyl (C=O) groups is 1. The molecule has 2 aromatic carbocycles. The highest BCUT2D eigenvalue weighted by molar-refractivity contribution is 9.10. The zero-order chi connectivity index (χ0) is 14.7. The van der Waals surface area contributed by atoms with Gasteiger partial charge in [0.1, 0.15) is 5.75 Å². The molecule has 20 heavy (non-hydrogen) atoms. The van der Waals surface area contributed by atoms with Crippen LogP contribution in [0.5, 0.6) is 5.75 Å². The van der Waals surface area contributed by atoms with Crippen molar-refractivity contribution < 1.29 is 9.53 Å². The molecule has 0 spiro atoms. The van der Waals surface area contributed by atoms with Crippen LogP contribution < -0.4 is 15.4 Å². The van der Waals surface area contributed by atoms with Crippen molar-refractivity contribution in [2.75, 3.05) is 24.8 Å². The second-order valence-electron chi connectivity index (χ2n) is 4.30. The number of anilines is 2. The van der Waals surface area contributed by atoms with Crippen molar-refractivity contribution in [2.24, 2.45) is 0 Å². The molecule has 0 saturated carbocycles. The van der Waals surface area contributed by atoms with Gasteiger partial charge in [-0.3, -0.25) is 4.79 Å². The lowest BCUT2D eigenvalue weighted by molar-refractivity contribution is 0.0992. The molecule has 0 bridgehead atoms. The molecule has 4 nitrogen and oxygen atoms in total. The van der Waals surface area contributed by atoms with Crippen LogP contribution in [0.25, 0.3) is 0 Å². The van der Waals surface area contributed by atoms with E-state index in [0.717, 1.165) is 15.9 Å². The van der Waals surface area contributed by atoms with Crippen LogP contribution in [-0.2, 0) is 0 Å². The van der Waals surface area contributed by atoms with E-state index in [1.165, 1.54) is 0 Å². The molecule has 2 rings (SSSR count). The van der Waals surface area contributed by atoms with Crippen molar-refractivity contribution in [1.82, 2.24) is 0 Å². The molecule has 0 saturated heterocycles. The Hall–Kier alpha value is -2.01. The van der Waals surface area contributed by atoms with Crippen LogP contribution in [0, 0.1) is 0 Å². The van der Waals surface area contributed by atoms with Gasteiger partial charge in [-0.2, -0.15) is 0 Å². The Morgan fingerprint density at radius 3 is 2.45 bits per heavy atom. The molecule has 0 fully saturated rings. The summed E-state index contributed by atoms with van der Waals surface area (Å²) in [6.07, 6.45) is 0. The summed E-state index contributed by atoms with van der Waals surface area (Å²) in [7, 11) is 3.33. The number of rotatable bonds is 3. The van der Waals surface area contributed by atoms with E-state index in [1.54, 1.807) is 37.3 Å². The molecular formula is C15H15BrN2O2. The van der Waals surface area contributed by atoms with E-state index in [0.29, 0.717) is 11.3 Å². The molecule has 0 heterocycles. The van der Waals surface area contributed by atoms with Crippen molar-refractivity contribution >= 4 is 33.2 Å². The number of amides is 1. The molecule has 0 aromatic heterocycles. The van der Waals surface area contributed by atoms with Crippen molar-refractivity contribution in [3.63, 3.8) is 0 Å². The van der Waals surface area contributed by atoms with Crippen molar-refractivity contribution in [2.45, 2.75) is 0 Å². The van der Waals surface area contributed by atoms with Crippen LogP contribution in [0.15, 0.2) is 46.9 Å². The summed E-state index contributed by atoms with van der Waals surface area (Å²) in [6, 6.07) is 12.5. The second-order valence-corrected chi connectivity index (χ2v) is 5.16. The Bertz CT molecular complexity index is 626. The van der Waals surface area contributed by atoms with Crippen LogP contribution >= 0.6 is 15.9 Å². The first-order chi connectivity index (χ1) is 9.52. The molecule has 0 atom stereocenters. The minimum Gasteiger partial charge on any atom is -0.497 e. The topological polar surface area (TPSA) is 55.6 Å². The van der Waals surface area contributed by atoms with Crippen molar-refractivity contribution in [3.8, 4) is 5.75 Å². The summed E-state index contributed by atoms with van der Waals surface area (Å²) < 4.78 is 5.82.